The van der Waals surface area contributed by atoms with Gasteiger partial charge in [0, 0.05) is 17.4 Å². The molecule has 0 bridgehead atoms. The van der Waals surface area contributed by atoms with Gasteiger partial charge < -0.3 is 14.6 Å². The van der Waals surface area contributed by atoms with E-state index in [4.69, 9.17) is 4.74 Å². The number of ether oxygens (including phenoxy) is 1. The Kier molecular flexibility index (Phi) is 4.57. The molecule has 2 aromatic rings. The number of fused-ring (bicyclic) bond motifs is 3. The average Bonchev–Trinajstić information content (AvgIpc) is 2.73. The zero-order valence-corrected chi connectivity index (χ0v) is 14.1. The molecule has 2 heterocycles. The Labute approximate surface area is 131 Å². The van der Waals surface area contributed by atoms with E-state index in [0.717, 1.165) is 26.1 Å². The molecule has 0 saturated heterocycles. The number of halogens is 1. The molecule has 0 amide bonds. The van der Waals surface area contributed by atoms with E-state index in [0.29, 0.717) is 0 Å². The third-order valence-electron chi connectivity index (χ3n) is 4.31. The lowest BCUT2D eigenvalue weighted by Gasteiger charge is -2.36. The first-order valence-electron chi connectivity index (χ1n) is 7.04. The van der Waals surface area contributed by atoms with Gasteiger partial charge in [-0.15, -0.1) is 17.0 Å². The summed E-state index contributed by atoms with van der Waals surface area (Å²) >= 11 is 0. The maximum Gasteiger partial charge on any atom is 0.107 e. The van der Waals surface area contributed by atoms with E-state index < -0.39 is 0 Å². The first-order chi connectivity index (χ1) is 9.17. The molecule has 1 N–H and O–H groups in total. The van der Waals surface area contributed by atoms with Crippen LogP contribution >= 0.6 is 17.0 Å². The summed E-state index contributed by atoms with van der Waals surface area (Å²) in [5.74, 6) is 0. The van der Waals surface area contributed by atoms with Crippen LogP contribution in [0.4, 0.5) is 0 Å². The van der Waals surface area contributed by atoms with Gasteiger partial charge in [0.15, 0.2) is 0 Å². The minimum atomic E-state index is -0.176. The van der Waals surface area contributed by atoms with Crippen LogP contribution in [0, 0.1) is 6.92 Å². The molecule has 1 unspecified atom stereocenters. The normalized spacial score (nSPS) is 21.6. The quantitative estimate of drug-likeness (QED) is 0.928. The Balaban J connectivity index is 0.00000147. The lowest BCUT2D eigenvalue weighted by atomic mass is 9.93. The SMILES string of the molecule is Br.CNCCC1(C)OCCn2c1c(C)c1ccccc12. The number of aryl methyl sites for hydroxylation is 1. The Morgan fingerprint density at radius 1 is 1.35 bits per heavy atom. The molecule has 3 nitrogen and oxygen atoms in total. The Hall–Kier alpha value is -0.840. The number of nitrogens with one attached hydrogen (secondary N) is 1. The summed E-state index contributed by atoms with van der Waals surface area (Å²) < 4.78 is 8.59. The van der Waals surface area contributed by atoms with E-state index in [-0.39, 0.29) is 22.6 Å². The highest BCUT2D eigenvalue weighted by Crippen LogP contribution is 2.39. The van der Waals surface area contributed by atoms with Crippen molar-refractivity contribution in [2.45, 2.75) is 32.4 Å². The van der Waals surface area contributed by atoms with Crippen LogP contribution in [0.2, 0.25) is 0 Å². The molecule has 3 rings (SSSR count). The molecule has 1 aliphatic rings. The average molecular weight is 339 g/mol. The molecule has 0 aliphatic carbocycles. The fraction of sp³-hybridized carbons (Fsp3) is 0.500. The number of aromatic nitrogens is 1. The smallest absolute Gasteiger partial charge is 0.107 e. The van der Waals surface area contributed by atoms with Crippen LogP contribution in [0.1, 0.15) is 24.6 Å². The molecule has 0 radical (unpaired) electrons. The second kappa shape index (κ2) is 5.88. The number of nitrogens with zero attached hydrogens (tertiary/aromatic N) is 1. The Morgan fingerprint density at radius 2 is 2.10 bits per heavy atom. The molecule has 110 valence electrons. The standard InChI is InChI=1S/C16H22N2O.BrH/c1-12-13-6-4-5-7-14(13)18-10-11-19-16(2,15(12)18)8-9-17-3;/h4-7,17H,8-11H2,1-3H3;1H. The van der Waals surface area contributed by atoms with Crippen molar-refractivity contribution in [3.05, 3.63) is 35.5 Å². The Morgan fingerprint density at radius 3 is 2.85 bits per heavy atom. The van der Waals surface area contributed by atoms with Crippen LogP contribution in [0.5, 0.6) is 0 Å². The molecule has 4 heteroatoms. The van der Waals surface area contributed by atoms with Crippen molar-refractivity contribution >= 4 is 27.9 Å². The predicted octanol–water partition coefficient (Wildman–Crippen LogP) is 3.38. The lowest BCUT2D eigenvalue weighted by molar-refractivity contribution is -0.0686. The van der Waals surface area contributed by atoms with Gasteiger partial charge in [0.05, 0.1) is 12.3 Å². The monoisotopic (exact) mass is 338 g/mol. The number of hydrogen-bond acceptors (Lipinski definition) is 2. The van der Waals surface area contributed by atoms with Crippen molar-refractivity contribution in [3.8, 4) is 0 Å². The zero-order chi connectivity index (χ0) is 13.5. The molecule has 0 saturated carbocycles. The largest absolute Gasteiger partial charge is 0.367 e. The van der Waals surface area contributed by atoms with E-state index >= 15 is 0 Å². The van der Waals surface area contributed by atoms with Crippen LogP contribution in [0.15, 0.2) is 24.3 Å². The van der Waals surface area contributed by atoms with E-state index in [9.17, 15) is 0 Å². The van der Waals surface area contributed by atoms with Crippen molar-refractivity contribution in [2.24, 2.45) is 0 Å². The molecule has 0 spiro atoms. The molecule has 20 heavy (non-hydrogen) atoms. The summed E-state index contributed by atoms with van der Waals surface area (Å²) in [6.45, 7) is 7.17. The molecule has 1 aromatic heterocycles. The van der Waals surface area contributed by atoms with Crippen LogP contribution in [0.25, 0.3) is 10.9 Å². The fourth-order valence-corrected chi connectivity index (χ4v) is 3.38. The van der Waals surface area contributed by atoms with Crippen LogP contribution in [0.3, 0.4) is 0 Å². The summed E-state index contributed by atoms with van der Waals surface area (Å²) in [4.78, 5) is 0. The third kappa shape index (κ3) is 2.30. The van der Waals surface area contributed by atoms with E-state index in [1.165, 1.54) is 22.2 Å². The van der Waals surface area contributed by atoms with Gasteiger partial charge in [-0.05, 0) is 45.5 Å². The van der Waals surface area contributed by atoms with Crippen molar-refractivity contribution in [3.63, 3.8) is 0 Å². The van der Waals surface area contributed by atoms with Crippen LogP contribution < -0.4 is 5.32 Å². The van der Waals surface area contributed by atoms with Crippen molar-refractivity contribution in [2.75, 3.05) is 20.2 Å². The van der Waals surface area contributed by atoms with Crippen molar-refractivity contribution < 1.29 is 4.74 Å². The van der Waals surface area contributed by atoms with Gasteiger partial charge >= 0.3 is 0 Å². The fourth-order valence-electron chi connectivity index (χ4n) is 3.38. The van der Waals surface area contributed by atoms with Crippen molar-refractivity contribution in [1.82, 2.24) is 9.88 Å². The van der Waals surface area contributed by atoms with Gasteiger partial charge in [-0.3, -0.25) is 0 Å². The second-order valence-corrected chi connectivity index (χ2v) is 5.58. The predicted molar refractivity (Wildman–Crippen MR) is 88.8 cm³/mol. The Bertz CT molecular complexity index is 608. The number of benzene rings is 1. The van der Waals surface area contributed by atoms with E-state index in [1.54, 1.807) is 0 Å². The molecule has 1 atom stereocenters. The molecule has 0 fully saturated rings. The lowest BCUT2D eigenvalue weighted by Crippen LogP contribution is -2.38. The second-order valence-electron chi connectivity index (χ2n) is 5.58. The summed E-state index contributed by atoms with van der Waals surface area (Å²) in [7, 11) is 1.99. The highest BCUT2D eigenvalue weighted by Gasteiger charge is 2.36. The maximum atomic E-state index is 6.14. The van der Waals surface area contributed by atoms with Crippen LogP contribution in [-0.4, -0.2) is 24.8 Å². The molecule has 1 aliphatic heterocycles. The number of para-hydroxylation sites is 1. The van der Waals surface area contributed by atoms with E-state index in [2.05, 4.69) is 48.0 Å². The van der Waals surface area contributed by atoms with E-state index in [1.807, 2.05) is 7.05 Å². The minimum absolute atomic E-state index is 0. The van der Waals surface area contributed by atoms with Gasteiger partial charge in [-0.25, -0.2) is 0 Å². The first-order valence-corrected chi connectivity index (χ1v) is 7.04. The first kappa shape index (κ1) is 15.5. The summed E-state index contributed by atoms with van der Waals surface area (Å²) in [5.41, 5.74) is 3.89. The third-order valence-corrected chi connectivity index (χ3v) is 4.31. The summed E-state index contributed by atoms with van der Waals surface area (Å²) in [5, 5.41) is 4.59. The number of rotatable bonds is 3. The highest BCUT2D eigenvalue weighted by molar-refractivity contribution is 8.93. The van der Waals surface area contributed by atoms with Gasteiger partial charge in [0.25, 0.3) is 0 Å². The van der Waals surface area contributed by atoms with Gasteiger partial charge in [0.2, 0.25) is 0 Å². The maximum absolute atomic E-state index is 6.14. The minimum Gasteiger partial charge on any atom is -0.367 e. The summed E-state index contributed by atoms with van der Waals surface area (Å²) in [6.07, 6.45) is 1.00. The van der Waals surface area contributed by atoms with Crippen LogP contribution in [-0.2, 0) is 16.9 Å². The molecule has 1 aromatic carbocycles. The van der Waals surface area contributed by atoms with Gasteiger partial charge in [-0.1, -0.05) is 18.2 Å². The van der Waals surface area contributed by atoms with Crippen molar-refractivity contribution in [1.29, 1.82) is 0 Å². The zero-order valence-electron chi connectivity index (χ0n) is 12.4. The van der Waals surface area contributed by atoms with Gasteiger partial charge in [-0.2, -0.15) is 0 Å². The molecular formula is C16H23BrN2O. The molecular weight excluding hydrogens is 316 g/mol. The highest BCUT2D eigenvalue weighted by atomic mass is 79.9. The van der Waals surface area contributed by atoms with Gasteiger partial charge in [0.1, 0.15) is 5.60 Å². The topological polar surface area (TPSA) is 26.2 Å². The summed E-state index contributed by atoms with van der Waals surface area (Å²) in [6, 6.07) is 8.67. The number of hydrogen-bond donors (Lipinski definition) is 1.